The predicted molar refractivity (Wildman–Crippen MR) is 203 cm³/mol. The van der Waals surface area contributed by atoms with E-state index in [4.69, 9.17) is 4.74 Å². The summed E-state index contributed by atoms with van der Waals surface area (Å²) < 4.78 is 5.01. The van der Waals surface area contributed by atoms with Gasteiger partial charge in [-0.25, -0.2) is 0 Å². The van der Waals surface area contributed by atoms with Gasteiger partial charge in [0.25, 0.3) is 0 Å². The lowest BCUT2D eigenvalue weighted by Crippen LogP contribution is -2.33. The number of carbonyl (C=O) groups excluding carboxylic acids is 3. The lowest BCUT2D eigenvalue weighted by molar-refractivity contribution is -0.129. The first-order chi connectivity index (χ1) is 21.8. The molecule has 1 N–H and O–H groups in total. The number of nitrogens with one attached hydrogen (secondary N) is 1. The summed E-state index contributed by atoms with van der Waals surface area (Å²) in [7, 11) is 1.59. The summed E-state index contributed by atoms with van der Waals surface area (Å²) in [6.45, 7) is 12.3. The molecule has 7 nitrogen and oxygen atoms in total. The van der Waals surface area contributed by atoms with Gasteiger partial charge in [0.15, 0.2) is 0 Å². The number of rotatable bonds is 23. The molecule has 0 saturated heterocycles. The Hall–Kier alpha value is -1.13. The van der Waals surface area contributed by atoms with E-state index in [1.807, 2.05) is 23.1 Å². The molecule has 0 aliphatic rings. The van der Waals surface area contributed by atoms with E-state index >= 15 is 0 Å². The number of anilines is 1. The third kappa shape index (κ3) is 27.7. The minimum atomic E-state index is -0.0757. The summed E-state index contributed by atoms with van der Waals surface area (Å²) in [5, 5.41) is 3.92. The Bertz CT molecular complexity index is 839. The van der Waals surface area contributed by atoms with E-state index in [2.05, 4.69) is 85.7 Å². The normalized spacial score (nSPS) is 10.1. The fourth-order valence-corrected chi connectivity index (χ4v) is 5.34. The molecule has 0 aliphatic heterocycles. The Labute approximate surface area is 300 Å². The van der Waals surface area contributed by atoms with Crippen molar-refractivity contribution in [3.8, 4) is 5.75 Å². The van der Waals surface area contributed by atoms with Crippen molar-refractivity contribution < 1.29 is 19.1 Å². The van der Waals surface area contributed by atoms with E-state index in [0.29, 0.717) is 16.0 Å². The third-order valence-corrected chi connectivity index (χ3v) is 8.43. The van der Waals surface area contributed by atoms with Gasteiger partial charge < -0.3 is 19.9 Å². The minimum Gasteiger partial charge on any atom is -0.497 e. The van der Waals surface area contributed by atoms with Gasteiger partial charge in [-0.05, 0) is 37.8 Å². The molecule has 0 fully saturated rings. The van der Waals surface area contributed by atoms with E-state index in [0.717, 1.165) is 63.3 Å². The van der Waals surface area contributed by atoms with Gasteiger partial charge in [-0.2, -0.15) is 0 Å². The molecule has 3 amide bonds. The van der Waals surface area contributed by atoms with Gasteiger partial charge >= 0.3 is 0 Å². The quantitative estimate of drug-likeness (QED) is 0.0881. The summed E-state index contributed by atoms with van der Waals surface area (Å²) in [6, 6.07) is 7.22. The molecule has 1 aromatic rings. The van der Waals surface area contributed by atoms with Crippen LogP contribution in [0.4, 0.5) is 5.69 Å². The van der Waals surface area contributed by atoms with Crippen LogP contribution in [0.2, 0.25) is 0 Å². The smallest absolute Gasteiger partial charge is 0.235 e. The molecule has 0 atom stereocenters. The van der Waals surface area contributed by atoms with E-state index in [1.165, 1.54) is 64.2 Å². The van der Waals surface area contributed by atoms with Crippen molar-refractivity contribution in [3.63, 3.8) is 0 Å². The Morgan fingerprint density at radius 3 is 1.47 bits per heavy atom. The van der Waals surface area contributed by atoms with E-state index < -0.39 is 0 Å². The zero-order valence-electron chi connectivity index (χ0n) is 28.8. The molecule has 10 heteroatoms. The monoisotopic (exact) mass is 825 g/mol. The number of hydrogen-bond donors (Lipinski definition) is 1. The minimum absolute atomic E-state index is 0.0757. The first kappa shape index (κ1) is 46.0. The SMILES string of the molecule is CCCCCCCCN(CCCCCCCC)C(=O)CBr.CCCN(CCC)C(=O)CBr.COc1cccc(NC(=O)CBr)c1. The van der Waals surface area contributed by atoms with Crippen molar-refractivity contribution in [1.82, 2.24) is 9.80 Å². The Balaban J connectivity index is 0. The van der Waals surface area contributed by atoms with Crippen molar-refractivity contribution >= 4 is 71.2 Å². The topological polar surface area (TPSA) is 79.0 Å². The number of amides is 3. The molecule has 1 rings (SSSR count). The molecular formula is C35H62Br3N3O4. The molecule has 1 aromatic carbocycles. The fourth-order valence-electron chi connectivity index (χ4n) is 4.49. The lowest BCUT2D eigenvalue weighted by atomic mass is 10.1. The molecule has 0 aliphatic carbocycles. The van der Waals surface area contributed by atoms with Crippen LogP contribution in [0.25, 0.3) is 0 Å². The lowest BCUT2D eigenvalue weighted by Gasteiger charge is -2.22. The van der Waals surface area contributed by atoms with Gasteiger partial charge in [-0.15, -0.1) is 0 Å². The molecular weight excluding hydrogens is 766 g/mol. The van der Waals surface area contributed by atoms with Crippen LogP contribution in [0.15, 0.2) is 24.3 Å². The summed E-state index contributed by atoms with van der Waals surface area (Å²) in [5.74, 6) is 1.12. The zero-order chi connectivity index (χ0) is 34.1. The molecule has 0 aromatic heterocycles. The van der Waals surface area contributed by atoms with E-state index in [9.17, 15) is 14.4 Å². The van der Waals surface area contributed by atoms with Crippen LogP contribution >= 0.6 is 47.8 Å². The highest BCUT2D eigenvalue weighted by Crippen LogP contribution is 2.16. The molecule has 0 heterocycles. The van der Waals surface area contributed by atoms with E-state index in [-0.39, 0.29) is 17.7 Å². The van der Waals surface area contributed by atoms with Gasteiger partial charge in [0.2, 0.25) is 17.7 Å². The number of ether oxygens (including phenoxy) is 1. The van der Waals surface area contributed by atoms with Gasteiger partial charge in [0, 0.05) is 37.9 Å². The summed E-state index contributed by atoms with van der Waals surface area (Å²) in [5.41, 5.74) is 0.740. The standard InChI is InChI=1S/C18H36BrNO.C9H10BrNO2.C8H16BrNO/c1-3-5-7-9-11-13-15-20(18(21)17-19)16-14-12-10-8-6-4-2;1-13-8-4-2-3-7(5-8)11-9(12)6-10;1-3-5-10(6-4-2)8(11)7-9/h3-17H2,1-2H3;2-5H,6H2,1H3,(H,11,12);3-7H2,1-2H3. The van der Waals surface area contributed by atoms with Crippen LogP contribution in [0, 0.1) is 0 Å². The van der Waals surface area contributed by atoms with Crippen molar-refractivity contribution in [1.29, 1.82) is 0 Å². The van der Waals surface area contributed by atoms with Gasteiger partial charge in [0.1, 0.15) is 5.75 Å². The van der Waals surface area contributed by atoms with Crippen molar-refractivity contribution in [3.05, 3.63) is 24.3 Å². The third-order valence-electron chi connectivity index (χ3n) is 6.96. The molecule has 0 bridgehead atoms. The number of halogens is 3. The molecule has 0 saturated carbocycles. The summed E-state index contributed by atoms with van der Waals surface area (Å²) >= 11 is 9.54. The first-order valence-corrected chi connectivity index (χ1v) is 20.3. The van der Waals surface area contributed by atoms with Crippen LogP contribution < -0.4 is 10.1 Å². The highest BCUT2D eigenvalue weighted by atomic mass is 79.9. The fraction of sp³-hybridized carbons (Fsp3) is 0.743. The summed E-state index contributed by atoms with van der Waals surface area (Å²) in [4.78, 5) is 38.0. The Morgan fingerprint density at radius 1 is 0.622 bits per heavy atom. The van der Waals surface area contributed by atoms with Gasteiger partial charge in [-0.1, -0.05) is 146 Å². The highest BCUT2D eigenvalue weighted by molar-refractivity contribution is 9.09. The van der Waals surface area contributed by atoms with Crippen LogP contribution in [0.1, 0.15) is 118 Å². The maximum absolute atomic E-state index is 11.9. The van der Waals surface area contributed by atoms with Gasteiger partial charge in [-0.3, -0.25) is 14.4 Å². The maximum atomic E-state index is 11.9. The second-order valence-corrected chi connectivity index (χ2v) is 12.7. The number of benzene rings is 1. The Kier molecular flexibility index (Phi) is 35.0. The second-order valence-electron chi connectivity index (χ2n) is 11.0. The molecule has 0 spiro atoms. The first-order valence-electron chi connectivity index (χ1n) is 16.9. The van der Waals surface area contributed by atoms with Crippen molar-refractivity contribution in [2.75, 3.05) is 54.6 Å². The van der Waals surface area contributed by atoms with E-state index in [1.54, 1.807) is 13.2 Å². The van der Waals surface area contributed by atoms with Crippen molar-refractivity contribution in [2.45, 2.75) is 118 Å². The maximum Gasteiger partial charge on any atom is 0.235 e. The summed E-state index contributed by atoms with van der Waals surface area (Å²) in [6.07, 6.45) is 17.6. The molecule has 45 heavy (non-hydrogen) atoms. The van der Waals surface area contributed by atoms with Crippen molar-refractivity contribution in [2.24, 2.45) is 0 Å². The van der Waals surface area contributed by atoms with Gasteiger partial charge in [0.05, 0.1) is 23.1 Å². The number of alkyl halides is 3. The predicted octanol–water partition coefficient (Wildman–Crippen LogP) is 9.99. The molecule has 0 unspecified atom stereocenters. The Morgan fingerprint density at radius 2 is 1.07 bits per heavy atom. The zero-order valence-corrected chi connectivity index (χ0v) is 33.6. The van der Waals surface area contributed by atoms with Crippen LogP contribution in [0.3, 0.4) is 0 Å². The van der Waals surface area contributed by atoms with Crippen LogP contribution in [0.5, 0.6) is 5.75 Å². The second kappa shape index (κ2) is 34.2. The number of nitrogens with zero attached hydrogens (tertiary/aromatic N) is 2. The number of unbranched alkanes of at least 4 members (excludes halogenated alkanes) is 10. The number of carbonyl (C=O) groups is 3. The number of hydrogen-bond acceptors (Lipinski definition) is 4. The molecule has 262 valence electrons. The molecule has 0 radical (unpaired) electrons. The largest absolute Gasteiger partial charge is 0.497 e. The average Bonchev–Trinajstić information content (AvgIpc) is 3.06. The van der Waals surface area contributed by atoms with Crippen LogP contribution in [-0.2, 0) is 14.4 Å². The number of methoxy groups -OCH3 is 1. The highest BCUT2D eigenvalue weighted by Gasteiger charge is 2.11. The van der Waals surface area contributed by atoms with Crippen LogP contribution in [-0.4, -0.2) is 76.8 Å². The average molecular weight is 829 g/mol.